The zero-order valence-electron chi connectivity index (χ0n) is 13.6. The largest absolute Gasteiger partial charge is 0.465 e. The van der Waals surface area contributed by atoms with Crippen LogP contribution >= 0.6 is 15.9 Å². The molecule has 5 heteroatoms. The maximum absolute atomic E-state index is 14.5. The Balaban J connectivity index is 1.73. The number of anilines is 1. The van der Waals surface area contributed by atoms with E-state index in [0.717, 1.165) is 22.0 Å². The van der Waals surface area contributed by atoms with Gasteiger partial charge in [-0.1, -0.05) is 40.2 Å². The first-order valence-electron chi connectivity index (χ1n) is 8.19. The molecule has 0 saturated carbocycles. The minimum atomic E-state index is -0.357. The SMILES string of the molecule is COC(=O)c1ccc([C@H]2Nc3c(F)cc(Br)cc3[C@H]3C=CC[C@H]32)cc1. The lowest BCUT2D eigenvalue weighted by Crippen LogP contribution is -2.29. The predicted molar refractivity (Wildman–Crippen MR) is 98.2 cm³/mol. The fourth-order valence-corrected chi connectivity index (χ4v) is 4.34. The molecule has 2 aromatic carbocycles. The zero-order valence-corrected chi connectivity index (χ0v) is 15.2. The molecule has 0 saturated heterocycles. The number of ether oxygens (including phenoxy) is 1. The summed E-state index contributed by atoms with van der Waals surface area (Å²) in [6.45, 7) is 0. The summed E-state index contributed by atoms with van der Waals surface area (Å²) in [4.78, 5) is 11.6. The van der Waals surface area contributed by atoms with Gasteiger partial charge < -0.3 is 10.1 Å². The molecule has 4 rings (SSSR count). The van der Waals surface area contributed by atoms with Crippen LogP contribution in [0.3, 0.4) is 0 Å². The van der Waals surface area contributed by atoms with Crippen LogP contribution in [0.15, 0.2) is 53.0 Å². The molecular weight excluding hydrogens is 385 g/mol. The number of nitrogens with one attached hydrogen (secondary N) is 1. The van der Waals surface area contributed by atoms with Crippen molar-refractivity contribution in [1.82, 2.24) is 0 Å². The zero-order chi connectivity index (χ0) is 17.6. The van der Waals surface area contributed by atoms with E-state index in [1.54, 1.807) is 12.1 Å². The summed E-state index contributed by atoms with van der Waals surface area (Å²) < 4.78 is 20.0. The molecule has 3 nitrogen and oxygen atoms in total. The van der Waals surface area contributed by atoms with Crippen molar-refractivity contribution in [2.45, 2.75) is 18.4 Å². The third-order valence-electron chi connectivity index (χ3n) is 5.08. The summed E-state index contributed by atoms with van der Waals surface area (Å²) in [5, 5.41) is 3.39. The van der Waals surface area contributed by atoms with E-state index in [9.17, 15) is 9.18 Å². The van der Waals surface area contributed by atoms with Gasteiger partial charge in [0.1, 0.15) is 5.82 Å². The highest BCUT2D eigenvalue weighted by Gasteiger charge is 2.39. The van der Waals surface area contributed by atoms with E-state index in [1.165, 1.54) is 13.2 Å². The van der Waals surface area contributed by atoms with Crippen molar-refractivity contribution in [2.75, 3.05) is 12.4 Å². The van der Waals surface area contributed by atoms with Crippen LogP contribution in [0.5, 0.6) is 0 Å². The molecule has 1 aliphatic carbocycles. The minimum Gasteiger partial charge on any atom is -0.465 e. The van der Waals surface area contributed by atoms with E-state index >= 15 is 0 Å². The van der Waals surface area contributed by atoms with Crippen molar-refractivity contribution in [3.8, 4) is 0 Å². The van der Waals surface area contributed by atoms with E-state index in [-0.39, 0.29) is 23.7 Å². The summed E-state index contributed by atoms with van der Waals surface area (Å²) in [5.41, 5.74) is 3.11. The fourth-order valence-electron chi connectivity index (χ4n) is 3.90. The predicted octanol–water partition coefficient (Wildman–Crippen LogP) is 5.20. The van der Waals surface area contributed by atoms with Crippen LogP contribution in [0.25, 0.3) is 0 Å². The van der Waals surface area contributed by atoms with Gasteiger partial charge >= 0.3 is 5.97 Å². The summed E-state index contributed by atoms with van der Waals surface area (Å²) in [6, 6.07) is 10.8. The van der Waals surface area contributed by atoms with Crippen molar-refractivity contribution in [2.24, 2.45) is 5.92 Å². The Kier molecular flexibility index (Phi) is 4.12. The standard InChI is InChI=1S/C20H17BrFNO2/c1-25-20(24)12-7-5-11(6-8-12)18-15-4-2-3-14(15)16-9-13(21)10-17(22)19(16)23-18/h2-3,5-10,14-15,18,23H,4H2,1H3/t14-,15+,18+/m0/s1. The Bertz CT molecular complexity index is 863. The van der Waals surface area contributed by atoms with Gasteiger partial charge in [-0.2, -0.15) is 0 Å². The molecule has 3 atom stereocenters. The summed E-state index contributed by atoms with van der Waals surface area (Å²) >= 11 is 3.39. The van der Waals surface area contributed by atoms with E-state index in [0.29, 0.717) is 17.2 Å². The summed E-state index contributed by atoms with van der Waals surface area (Å²) in [7, 11) is 1.37. The molecule has 0 fully saturated rings. The van der Waals surface area contributed by atoms with Gasteiger partial charge in [-0.25, -0.2) is 9.18 Å². The first-order valence-corrected chi connectivity index (χ1v) is 8.98. The van der Waals surface area contributed by atoms with Crippen LogP contribution < -0.4 is 5.32 Å². The highest BCUT2D eigenvalue weighted by atomic mass is 79.9. The lowest BCUT2D eigenvalue weighted by Gasteiger charge is -2.37. The molecule has 1 heterocycles. The molecule has 2 aliphatic rings. The van der Waals surface area contributed by atoms with Crippen LogP contribution in [-0.4, -0.2) is 13.1 Å². The van der Waals surface area contributed by atoms with Gasteiger partial charge in [0.05, 0.1) is 24.4 Å². The second kappa shape index (κ2) is 6.30. The van der Waals surface area contributed by atoms with Crippen molar-refractivity contribution in [1.29, 1.82) is 0 Å². The Labute approximate surface area is 154 Å². The lowest BCUT2D eigenvalue weighted by molar-refractivity contribution is 0.0600. The molecular formula is C20H17BrFNO2. The maximum atomic E-state index is 14.5. The molecule has 25 heavy (non-hydrogen) atoms. The van der Waals surface area contributed by atoms with Crippen molar-refractivity contribution in [3.63, 3.8) is 0 Å². The first kappa shape index (κ1) is 16.3. The Morgan fingerprint density at radius 2 is 2.04 bits per heavy atom. The van der Waals surface area contributed by atoms with Crippen LogP contribution in [-0.2, 0) is 4.74 Å². The summed E-state index contributed by atoms with van der Waals surface area (Å²) in [6.07, 6.45) is 5.28. The third kappa shape index (κ3) is 2.76. The van der Waals surface area contributed by atoms with Gasteiger partial charge in [-0.05, 0) is 47.7 Å². The van der Waals surface area contributed by atoms with Crippen LogP contribution in [0.1, 0.15) is 39.9 Å². The minimum absolute atomic E-state index is 0.00475. The molecule has 0 aromatic heterocycles. The molecule has 128 valence electrons. The highest BCUT2D eigenvalue weighted by Crippen LogP contribution is 2.51. The van der Waals surface area contributed by atoms with Gasteiger partial charge in [0.15, 0.2) is 0 Å². The second-order valence-electron chi connectivity index (χ2n) is 6.44. The van der Waals surface area contributed by atoms with E-state index in [4.69, 9.17) is 4.74 Å². The number of halogens is 2. The van der Waals surface area contributed by atoms with Gasteiger partial charge in [-0.3, -0.25) is 0 Å². The molecule has 2 aromatic rings. The number of fused-ring (bicyclic) bond motifs is 3. The van der Waals surface area contributed by atoms with E-state index < -0.39 is 0 Å². The maximum Gasteiger partial charge on any atom is 0.337 e. The van der Waals surface area contributed by atoms with Crippen molar-refractivity contribution < 1.29 is 13.9 Å². The van der Waals surface area contributed by atoms with Gasteiger partial charge in [0, 0.05) is 10.4 Å². The Hall–Kier alpha value is -2.14. The smallest absolute Gasteiger partial charge is 0.337 e. The fraction of sp³-hybridized carbons (Fsp3) is 0.250. The van der Waals surface area contributed by atoms with E-state index in [1.807, 2.05) is 18.2 Å². The number of carbonyl (C=O) groups is 1. The Morgan fingerprint density at radius 1 is 1.28 bits per heavy atom. The van der Waals surface area contributed by atoms with Gasteiger partial charge in [0.2, 0.25) is 0 Å². The van der Waals surface area contributed by atoms with Crippen molar-refractivity contribution in [3.05, 3.63) is 75.5 Å². The molecule has 1 aliphatic heterocycles. The highest BCUT2D eigenvalue weighted by molar-refractivity contribution is 9.10. The molecule has 0 spiro atoms. The van der Waals surface area contributed by atoms with Crippen molar-refractivity contribution >= 4 is 27.6 Å². The summed E-state index contributed by atoms with van der Waals surface area (Å²) in [5.74, 6) is -0.0946. The van der Waals surface area contributed by atoms with Crippen LogP contribution in [0.4, 0.5) is 10.1 Å². The average molecular weight is 402 g/mol. The molecule has 0 bridgehead atoms. The number of esters is 1. The number of carbonyl (C=O) groups excluding carboxylic acids is 1. The van der Waals surface area contributed by atoms with Crippen LogP contribution in [0, 0.1) is 11.7 Å². The lowest BCUT2D eigenvalue weighted by atomic mass is 9.77. The normalized spacial score (nSPS) is 23.6. The third-order valence-corrected chi connectivity index (χ3v) is 5.53. The number of methoxy groups -OCH3 is 1. The number of benzene rings is 2. The topological polar surface area (TPSA) is 38.3 Å². The molecule has 0 radical (unpaired) electrons. The van der Waals surface area contributed by atoms with Crippen LogP contribution in [0.2, 0.25) is 0 Å². The van der Waals surface area contributed by atoms with Gasteiger partial charge in [0.25, 0.3) is 0 Å². The van der Waals surface area contributed by atoms with E-state index in [2.05, 4.69) is 33.4 Å². The molecule has 1 N–H and O–H groups in total. The quantitative estimate of drug-likeness (QED) is 0.554. The Morgan fingerprint density at radius 3 is 2.76 bits per heavy atom. The number of rotatable bonds is 2. The number of hydrogen-bond acceptors (Lipinski definition) is 3. The number of hydrogen-bond donors (Lipinski definition) is 1. The molecule has 0 unspecified atom stereocenters. The van der Waals surface area contributed by atoms with Gasteiger partial charge in [-0.15, -0.1) is 0 Å². The average Bonchev–Trinajstić information content (AvgIpc) is 3.11. The molecule has 0 amide bonds. The first-order chi connectivity index (χ1) is 12.1. The number of allylic oxidation sites excluding steroid dienone is 2. The second-order valence-corrected chi connectivity index (χ2v) is 7.36. The monoisotopic (exact) mass is 401 g/mol.